The highest BCUT2D eigenvalue weighted by Crippen LogP contribution is 2.33. The highest BCUT2D eigenvalue weighted by molar-refractivity contribution is 14.0. The van der Waals surface area contributed by atoms with Crippen molar-refractivity contribution in [3.8, 4) is 0 Å². The van der Waals surface area contributed by atoms with Crippen molar-refractivity contribution in [3.05, 3.63) is 51.5 Å². The zero-order valence-corrected chi connectivity index (χ0v) is 20.1. The van der Waals surface area contributed by atoms with E-state index in [-0.39, 0.29) is 30.1 Å². The molecule has 0 amide bonds. The molecule has 1 aliphatic rings. The van der Waals surface area contributed by atoms with Crippen LogP contribution >= 0.6 is 35.3 Å². The van der Waals surface area contributed by atoms with Gasteiger partial charge in [-0.25, -0.2) is 4.98 Å². The number of aromatic nitrogens is 1. The molecular weight excluding hydrogens is 483 g/mol. The molecule has 0 saturated carbocycles. The summed E-state index contributed by atoms with van der Waals surface area (Å²) in [5.74, 6) is 1.25. The van der Waals surface area contributed by atoms with Crippen molar-refractivity contribution in [3.63, 3.8) is 0 Å². The van der Waals surface area contributed by atoms with Gasteiger partial charge in [0.1, 0.15) is 0 Å². The van der Waals surface area contributed by atoms with E-state index in [1.165, 1.54) is 16.1 Å². The molecule has 154 valence electrons. The molecule has 2 unspecified atom stereocenters. The maximum atomic E-state index is 6.12. The van der Waals surface area contributed by atoms with Gasteiger partial charge in [-0.1, -0.05) is 36.8 Å². The predicted octanol–water partition coefficient (Wildman–Crippen LogP) is 4.46. The number of benzene rings is 1. The van der Waals surface area contributed by atoms with Crippen molar-refractivity contribution in [2.24, 2.45) is 10.9 Å². The van der Waals surface area contributed by atoms with E-state index in [1.54, 1.807) is 11.3 Å². The molecule has 0 radical (unpaired) electrons. The van der Waals surface area contributed by atoms with Crippen LogP contribution in [0.3, 0.4) is 0 Å². The smallest absolute Gasteiger partial charge is 0.191 e. The van der Waals surface area contributed by atoms with E-state index in [0.29, 0.717) is 12.5 Å². The maximum Gasteiger partial charge on any atom is 0.191 e. The monoisotopic (exact) mass is 514 g/mol. The van der Waals surface area contributed by atoms with Gasteiger partial charge in [-0.2, -0.15) is 0 Å². The summed E-state index contributed by atoms with van der Waals surface area (Å²) >= 11 is 1.72. The lowest BCUT2D eigenvalue weighted by Crippen LogP contribution is -2.41. The fourth-order valence-corrected chi connectivity index (χ4v) is 4.14. The number of aliphatic imine (C=N–C) groups is 1. The fraction of sp³-hybridized carbons (Fsp3) is 0.524. The van der Waals surface area contributed by atoms with Gasteiger partial charge in [0.15, 0.2) is 5.96 Å². The molecule has 2 heterocycles. The van der Waals surface area contributed by atoms with E-state index >= 15 is 0 Å². The summed E-state index contributed by atoms with van der Waals surface area (Å²) in [5, 5.41) is 10.1. The van der Waals surface area contributed by atoms with Crippen LogP contribution < -0.4 is 10.6 Å². The van der Waals surface area contributed by atoms with Crippen LogP contribution in [0.5, 0.6) is 0 Å². The predicted molar refractivity (Wildman–Crippen MR) is 128 cm³/mol. The number of hydrogen-bond donors (Lipinski definition) is 2. The third-order valence-electron chi connectivity index (χ3n) is 4.94. The van der Waals surface area contributed by atoms with Gasteiger partial charge in [-0.3, -0.25) is 4.99 Å². The van der Waals surface area contributed by atoms with E-state index < -0.39 is 0 Å². The molecule has 7 heteroatoms. The number of nitrogens with zero attached hydrogens (tertiary/aromatic N) is 2. The second kappa shape index (κ2) is 11.7. The number of halogens is 1. The number of thiazole rings is 1. The van der Waals surface area contributed by atoms with Crippen LogP contribution in [0.25, 0.3) is 0 Å². The Morgan fingerprint density at radius 2 is 2.07 bits per heavy atom. The summed E-state index contributed by atoms with van der Waals surface area (Å²) in [6.45, 7) is 6.62. The molecule has 2 N–H and O–H groups in total. The van der Waals surface area contributed by atoms with Crippen LogP contribution in [-0.4, -0.2) is 31.1 Å². The van der Waals surface area contributed by atoms with Gasteiger partial charge in [-0.15, -0.1) is 35.3 Å². The maximum absolute atomic E-state index is 6.12. The third-order valence-corrected chi connectivity index (χ3v) is 5.99. The summed E-state index contributed by atoms with van der Waals surface area (Å²) in [5.41, 5.74) is 3.62. The number of guanidine groups is 1. The van der Waals surface area contributed by atoms with Gasteiger partial charge in [0, 0.05) is 31.5 Å². The van der Waals surface area contributed by atoms with E-state index in [9.17, 15) is 0 Å². The second-order valence-corrected chi connectivity index (χ2v) is 7.94. The lowest BCUT2D eigenvalue weighted by molar-refractivity contribution is -0.0265. The van der Waals surface area contributed by atoms with Crippen LogP contribution in [0, 0.1) is 12.8 Å². The van der Waals surface area contributed by atoms with Crippen LogP contribution in [0.1, 0.15) is 47.7 Å². The Labute approximate surface area is 189 Å². The largest absolute Gasteiger partial charge is 0.373 e. The number of rotatable bonds is 6. The van der Waals surface area contributed by atoms with Crippen LogP contribution in [-0.2, 0) is 17.7 Å². The summed E-state index contributed by atoms with van der Waals surface area (Å²) in [6.07, 6.45) is 3.41. The molecule has 1 aromatic carbocycles. The first-order chi connectivity index (χ1) is 13.2. The molecule has 28 heavy (non-hydrogen) atoms. The van der Waals surface area contributed by atoms with Crippen molar-refractivity contribution in [1.29, 1.82) is 0 Å². The first-order valence-corrected chi connectivity index (χ1v) is 10.6. The minimum Gasteiger partial charge on any atom is -0.373 e. The van der Waals surface area contributed by atoms with E-state index in [4.69, 9.17) is 4.74 Å². The molecule has 2 aromatic rings. The molecule has 0 spiro atoms. The molecule has 0 bridgehead atoms. The molecule has 1 saturated heterocycles. The number of ether oxygens (including phenoxy) is 1. The molecule has 1 fully saturated rings. The van der Waals surface area contributed by atoms with E-state index in [0.717, 1.165) is 44.1 Å². The van der Waals surface area contributed by atoms with Gasteiger partial charge >= 0.3 is 0 Å². The standard InChI is InChI=1S/C21H30N4OS.HI/c1-4-19-25-18(14-27-19)13-24-21(22-3)23-12-17-6-5-11-26-20(17)16-9-7-15(2)8-10-16;/h7-10,14,17,20H,4-6,11-13H2,1-3H3,(H2,22,23,24);1H. The summed E-state index contributed by atoms with van der Waals surface area (Å²) in [6, 6.07) is 8.71. The Bertz CT molecular complexity index is 747. The molecular formula is C21H31IN4OS. The van der Waals surface area contributed by atoms with Gasteiger partial charge in [-0.05, 0) is 31.7 Å². The highest BCUT2D eigenvalue weighted by Gasteiger charge is 2.27. The Hall–Kier alpha value is -1.19. The van der Waals surface area contributed by atoms with Crippen molar-refractivity contribution in [2.45, 2.75) is 45.8 Å². The SMILES string of the molecule is CCc1nc(CNC(=NC)NCC2CCCOC2c2ccc(C)cc2)cs1.I. The minimum atomic E-state index is 0. The molecule has 1 aliphatic heterocycles. The number of nitrogens with one attached hydrogen (secondary N) is 2. The first kappa shape index (κ1) is 23.1. The van der Waals surface area contributed by atoms with Crippen molar-refractivity contribution in [2.75, 3.05) is 20.2 Å². The quantitative estimate of drug-likeness (QED) is 0.340. The van der Waals surface area contributed by atoms with Crippen molar-refractivity contribution in [1.82, 2.24) is 15.6 Å². The normalized spacial score (nSPS) is 19.8. The average Bonchev–Trinajstić information content (AvgIpc) is 3.17. The Balaban J connectivity index is 0.00000280. The van der Waals surface area contributed by atoms with Crippen LogP contribution in [0.2, 0.25) is 0 Å². The lowest BCUT2D eigenvalue weighted by Gasteiger charge is -2.32. The van der Waals surface area contributed by atoms with Crippen molar-refractivity contribution >= 4 is 41.3 Å². The topological polar surface area (TPSA) is 58.5 Å². The molecule has 1 aromatic heterocycles. The first-order valence-electron chi connectivity index (χ1n) is 9.75. The molecule has 5 nitrogen and oxygen atoms in total. The molecule has 2 atom stereocenters. The lowest BCUT2D eigenvalue weighted by atomic mass is 9.89. The highest BCUT2D eigenvalue weighted by atomic mass is 127. The Morgan fingerprint density at radius 3 is 2.75 bits per heavy atom. The average molecular weight is 514 g/mol. The zero-order valence-electron chi connectivity index (χ0n) is 16.9. The van der Waals surface area contributed by atoms with Crippen LogP contribution in [0.15, 0.2) is 34.6 Å². The zero-order chi connectivity index (χ0) is 19.1. The second-order valence-electron chi connectivity index (χ2n) is 7.00. The summed E-state index contributed by atoms with van der Waals surface area (Å²) in [4.78, 5) is 8.95. The van der Waals surface area contributed by atoms with E-state index in [2.05, 4.69) is 64.1 Å². The van der Waals surface area contributed by atoms with Gasteiger partial charge in [0.05, 0.1) is 23.4 Å². The number of aryl methyl sites for hydroxylation is 2. The van der Waals surface area contributed by atoms with E-state index in [1.807, 2.05) is 7.05 Å². The Morgan fingerprint density at radius 1 is 1.29 bits per heavy atom. The van der Waals surface area contributed by atoms with Gasteiger partial charge < -0.3 is 15.4 Å². The fourth-order valence-electron chi connectivity index (χ4n) is 3.39. The van der Waals surface area contributed by atoms with Gasteiger partial charge in [0.25, 0.3) is 0 Å². The summed E-state index contributed by atoms with van der Waals surface area (Å²) in [7, 11) is 1.81. The van der Waals surface area contributed by atoms with Gasteiger partial charge in [0.2, 0.25) is 0 Å². The summed E-state index contributed by atoms with van der Waals surface area (Å²) < 4.78 is 6.12. The Kier molecular flexibility index (Phi) is 9.67. The minimum absolute atomic E-state index is 0. The molecule has 0 aliphatic carbocycles. The third kappa shape index (κ3) is 6.42. The molecule has 3 rings (SSSR count). The number of hydrogen-bond acceptors (Lipinski definition) is 4. The van der Waals surface area contributed by atoms with Crippen LogP contribution in [0.4, 0.5) is 0 Å². The van der Waals surface area contributed by atoms with Crippen molar-refractivity contribution < 1.29 is 4.74 Å².